The van der Waals surface area contributed by atoms with Crippen LogP contribution in [0.2, 0.25) is 0 Å². The minimum atomic E-state index is -0.539. The molecule has 0 spiro atoms. The standard InChI is InChI=1S/C6H12N2O2S/c1-4(9)8-5(3-11-2)6(7)10/h5H,3H2,1-2H3,(H2,7,10)(H,8,9). The predicted molar refractivity (Wildman–Crippen MR) is 45.2 cm³/mol. The fourth-order valence-corrected chi connectivity index (χ4v) is 1.19. The second-order valence-electron chi connectivity index (χ2n) is 2.11. The average molecular weight is 176 g/mol. The molecule has 2 amide bonds. The van der Waals surface area contributed by atoms with Crippen molar-refractivity contribution in [2.75, 3.05) is 12.0 Å². The van der Waals surface area contributed by atoms with Gasteiger partial charge in [-0.2, -0.15) is 11.8 Å². The quantitative estimate of drug-likeness (QED) is 0.597. The molecule has 0 radical (unpaired) electrons. The van der Waals surface area contributed by atoms with Gasteiger partial charge >= 0.3 is 0 Å². The van der Waals surface area contributed by atoms with Crippen LogP contribution >= 0.6 is 11.8 Å². The highest BCUT2D eigenvalue weighted by atomic mass is 32.2. The number of thioether (sulfide) groups is 1. The van der Waals surface area contributed by atoms with Gasteiger partial charge in [-0.1, -0.05) is 0 Å². The Morgan fingerprint density at radius 3 is 2.45 bits per heavy atom. The van der Waals surface area contributed by atoms with Crippen LogP contribution in [-0.4, -0.2) is 29.9 Å². The summed E-state index contributed by atoms with van der Waals surface area (Å²) in [4.78, 5) is 21.1. The molecule has 0 heterocycles. The lowest BCUT2D eigenvalue weighted by Crippen LogP contribution is -2.45. The van der Waals surface area contributed by atoms with Crippen molar-refractivity contribution >= 4 is 23.6 Å². The van der Waals surface area contributed by atoms with E-state index in [0.717, 1.165) is 0 Å². The molecule has 0 fully saturated rings. The van der Waals surface area contributed by atoms with Gasteiger partial charge < -0.3 is 11.1 Å². The number of rotatable bonds is 4. The van der Waals surface area contributed by atoms with Crippen molar-refractivity contribution in [3.05, 3.63) is 0 Å². The molecule has 0 aromatic carbocycles. The summed E-state index contributed by atoms with van der Waals surface area (Å²) in [5.74, 6) is -0.202. The predicted octanol–water partition coefficient (Wildman–Crippen LogP) is -0.661. The molecule has 4 nitrogen and oxygen atoms in total. The molecule has 0 aliphatic carbocycles. The molecule has 0 aromatic heterocycles. The first-order valence-electron chi connectivity index (χ1n) is 3.13. The summed E-state index contributed by atoms with van der Waals surface area (Å²) in [6, 6.07) is -0.539. The number of amides is 2. The highest BCUT2D eigenvalue weighted by Crippen LogP contribution is 1.95. The summed E-state index contributed by atoms with van der Waals surface area (Å²) in [6.45, 7) is 1.36. The number of hydrogen-bond acceptors (Lipinski definition) is 3. The van der Waals surface area contributed by atoms with Crippen molar-refractivity contribution in [1.29, 1.82) is 0 Å². The van der Waals surface area contributed by atoms with Crippen LogP contribution in [0, 0.1) is 0 Å². The van der Waals surface area contributed by atoms with E-state index in [9.17, 15) is 9.59 Å². The largest absolute Gasteiger partial charge is 0.368 e. The number of primary amides is 1. The van der Waals surface area contributed by atoms with Gasteiger partial charge in [0.15, 0.2) is 0 Å². The SMILES string of the molecule is CSCC(NC(C)=O)C(N)=O. The van der Waals surface area contributed by atoms with E-state index in [0.29, 0.717) is 5.75 Å². The zero-order valence-electron chi connectivity index (χ0n) is 6.59. The molecule has 64 valence electrons. The highest BCUT2D eigenvalue weighted by Gasteiger charge is 2.14. The van der Waals surface area contributed by atoms with Crippen LogP contribution in [0.3, 0.4) is 0 Å². The maximum Gasteiger partial charge on any atom is 0.240 e. The maximum absolute atomic E-state index is 10.6. The first kappa shape index (κ1) is 10.3. The molecular weight excluding hydrogens is 164 g/mol. The molecule has 11 heavy (non-hydrogen) atoms. The number of nitrogens with one attached hydrogen (secondary N) is 1. The topological polar surface area (TPSA) is 72.2 Å². The molecule has 0 aromatic rings. The van der Waals surface area contributed by atoms with Crippen molar-refractivity contribution < 1.29 is 9.59 Å². The van der Waals surface area contributed by atoms with Crippen LogP contribution in [0.5, 0.6) is 0 Å². The summed E-state index contributed by atoms with van der Waals surface area (Å²) in [5, 5.41) is 2.45. The first-order valence-corrected chi connectivity index (χ1v) is 4.52. The molecular formula is C6H12N2O2S. The fourth-order valence-electron chi connectivity index (χ4n) is 0.607. The minimum absolute atomic E-state index is 0.233. The van der Waals surface area contributed by atoms with Gasteiger partial charge in [-0.3, -0.25) is 9.59 Å². The van der Waals surface area contributed by atoms with Gasteiger partial charge in [-0.15, -0.1) is 0 Å². The summed E-state index contributed by atoms with van der Waals surface area (Å²) in [7, 11) is 0. The summed E-state index contributed by atoms with van der Waals surface area (Å²) in [6.07, 6.45) is 1.84. The van der Waals surface area contributed by atoms with E-state index in [-0.39, 0.29) is 5.91 Å². The van der Waals surface area contributed by atoms with Crippen molar-refractivity contribution in [2.24, 2.45) is 5.73 Å². The number of carbonyl (C=O) groups excluding carboxylic acids is 2. The molecule has 0 bridgehead atoms. The van der Waals surface area contributed by atoms with Gasteiger partial charge in [-0.05, 0) is 6.26 Å². The smallest absolute Gasteiger partial charge is 0.240 e. The molecule has 1 unspecified atom stereocenters. The van der Waals surface area contributed by atoms with E-state index in [4.69, 9.17) is 5.73 Å². The minimum Gasteiger partial charge on any atom is -0.368 e. The highest BCUT2D eigenvalue weighted by molar-refractivity contribution is 7.98. The molecule has 3 N–H and O–H groups in total. The van der Waals surface area contributed by atoms with Crippen molar-refractivity contribution in [2.45, 2.75) is 13.0 Å². The van der Waals surface area contributed by atoms with E-state index >= 15 is 0 Å². The van der Waals surface area contributed by atoms with Crippen LogP contribution in [0.4, 0.5) is 0 Å². The molecule has 0 saturated carbocycles. The molecule has 1 atom stereocenters. The number of nitrogens with two attached hydrogens (primary N) is 1. The third kappa shape index (κ3) is 4.66. The lowest BCUT2D eigenvalue weighted by molar-refractivity contribution is -0.125. The van der Waals surface area contributed by atoms with Crippen LogP contribution in [0.15, 0.2) is 0 Å². The number of hydrogen-bond donors (Lipinski definition) is 2. The lowest BCUT2D eigenvalue weighted by atomic mass is 10.3. The second-order valence-corrected chi connectivity index (χ2v) is 3.02. The van der Waals surface area contributed by atoms with E-state index in [1.807, 2.05) is 6.26 Å². The summed E-state index contributed by atoms with van der Waals surface area (Å²) >= 11 is 1.46. The van der Waals surface area contributed by atoms with Crippen LogP contribution in [0.1, 0.15) is 6.92 Å². The Bertz CT molecular complexity index is 161. The Morgan fingerprint density at radius 2 is 2.18 bits per heavy atom. The second kappa shape index (κ2) is 5.01. The van der Waals surface area contributed by atoms with Gasteiger partial charge in [0.05, 0.1) is 0 Å². The van der Waals surface area contributed by atoms with Gasteiger partial charge in [0.1, 0.15) is 6.04 Å². The molecule has 0 rings (SSSR count). The Kier molecular flexibility index (Phi) is 4.69. The third-order valence-electron chi connectivity index (χ3n) is 1.05. The molecule has 5 heteroatoms. The lowest BCUT2D eigenvalue weighted by Gasteiger charge is -2.11. The number of carbonyl (C=O) groups is 2. The fraction of sp³-hybridized carbons (Fsp3) is 0.667. The summed E-state index contributed by atoms with van der Waals surface area (Å²) in [5.41, 5.74) is 5.00. The van der Waals surface area contributed by atoms with E-state index in [1.54, 1.807) is 0 Å². The van der Waals surface area contributed by atoms with Crippen LogP contribution in [0.25, 0.3) is 0 Å². The van der Waals surface area contributed by atoms with Crippen molar-refractivity contribution in [1.82, 2.24) is 5.32 Å². The van der Waals surface area contributed by atoms with Crippen molar-refractivity contribution in [3.8, 4) is 0 Å². The Labute approximate surface area is 69.9 Å². The van der Waals surface area contributed by atoms with E-state index in [1.165, 1.54) is 18.7 Å². The molecule has 0 aliphatic heterocycles. The van der Waals surface area contributed by atoms with Crippen LogP contribution in [-0.2, 0) is 9.59 Å². The van der Waals surface area contributed by atoms with Gasteiger partial charge in [0, 0.05) is 12.7 Å². The molecule has 0 aliphatic rings. The maximum atomic E-state index is 10.6. The van der Waals surface area contributed by atoms with E-state index < -0.39 is 11.9 Å². The van der Waals surface area contributed by atoms with Gasteiger partial charge in [0.2, 0.25) is 11.8 Å². The monoisotopic (exact) mass is 176 g/mol. The first-order chi connectivity index (χ1) is 5.07. The Morgan fingerprint density at radius 1 is 1.64 bits per heavy atom. The van der Waals surface area contributed by atoms with Crippen molar-refractivity contribution in [3.63, 3.8) is 0 Å². The van der Waals surface area contributed by atoms with Gasteiger partial charge in [-0.25, -0.2) is 0 Å². The summed E-state index contributed by atoms with van der Waals surface area (Å²) < 4.78 is 0. The Balaban J connectivity index is 3.89. The van der Waals surface area contributed by atoms with Crippen LogP contribution < -0.4 is 11.1 Å². The Hall–Kier alpha value is -0.710. The molecule has 0 saturated heterocycles. The zero-order valence-corrected chi connectivity index (χ0v) is 7.40. The third-order valence-corrected chi connectivity index (χ3v) is 1.72. The zero-order chi connectivity index (χ0) is 8.85. The van der Waals surface area contributed by atoms with Gasteiger partial charge in [0.25, 0.3) is 0 Å². The van der Waals surface area contributed by atoms with E-state index in [2.05, 4.69) is 5.32 Å². The average Bonchev–Trinajstić information content (AvgIpc) is 1.86. The normalized spacial score (nSPS) is 12.2.